The number of hydrogen-bond acceptors (Lipinski definition) is 10. The molecule has 11 heteroatoms. The van der Waals surface area contributed by atoms with Crippen LogP contribution in [0.25, 0.3) is 11.2 Å². The first-order chi connectivity index (χ1) is 11.4. The van der Waals surface area contributed by atoms with E-state index in [4.69, 9.17) is 10.5 Å². The summed E-state index contributed by atoms with van der Waals surface area (Å²) >= 11 is 0. The Morgan fingerprint density at radius 1 is 1.38 bits per heavy atom. The summed E-state index contributed by atoms with van der Waals surface area (Å²) in [6.07, 6.45) is -3.23. The van der Waals surface area contributed by atoms with Crippen molar-refractivity contribution in [2.75, 3.05) is 17.8 Å². The van der Waals surface area contributed by atoms with Crippen LogP contribution in [0.15, 0.2) is 11.4 Å². The second-order valence-electron chi connectivity index (χ2n) is 5.64. The molecule has 11 nitrogen and oxygen atoms in total. The van der Waals surface area contributed by atoms with Gasteiger partial charge in [-0.3, -0.25) is 4.57 Å². The molecule has 4 atom stereocenters. The van der Waals surface area contributed by atoms with E-state index < -0.39 is 31.1 Å². The third-order valence-electron chi connectivity index (χ3n) is 3.66. The van der Waals surface area contributed by atoms with Gasteiger partial charge in [-0.05, 0) is 13.8 Å². The highest BCUT2D eigenvalue weighted by Crippen LogP contribution is 2.35. The molecule has 0 radical (unpaired) electrons. The number of hydrazone groups is 1. The number of nitrogens with two attached hydrogens (primary N) is 1. The van der Waals surface area contributed by atoms with Gasteiger partial charge in [0.05, 0.1) is 6.61 Å². The van der Waals surface area contributed by atoms with Gasteiger partial charge >= 0.3 is 0 Å². The van der Waals surface area contributed by atoms with Gasteiger partial charge in [-0.1, -0.05) is 0 Å². The van der Waals surface area contributed by atoms with Crippen molar-refractivity contribution in [1.82, 2.24) is 19.5 Å². The lowest BCUT2D eigenvalue weighted by Crippen LogP contribution is -2.33. The molecule has 0 saturated carbocycles. The van der Waals surface area contributed by atoms with Crippen LogP contribution >= 0.6 is 0 Å². The van der Waals surface area contributed by atoms with E-state index in [2.05, 4.69) is 25.5 Å². The summed E-state index contributed by atoms with van der Waals surface area (Å²) in [5, 5.41) is 33.6. The second kappa shape index (κ2) is 6.28. The number of nitrogen functional groups attached to an aromatic ring is 1. The lowest BCUT2D eigenvalue weighted by Gasteiger charge is -2.18. The predicted octanol–water partition coefficient (Wildman–Crippen LogP) is -1.17. The highest BCUT2D eigenvalue weighted by molar-refractivity contribution is 5.84. The molecule has 1 saturated heterocycles. The molecule has 3 rings (SSSR count). The molecule has 2 aromatic rings. The molecule has 2 aromatic heterocycles. The fraction of sp³-hybridized carbons (Fsp3) is 0.538. The van der Waals surface area contributed by atoms with Gasteiger partial charge in [-0.25, -0.2) is 20.4 Å². The van der Waals surface area contributed by atoms with Gasteiger partial charge in [0.2, 0.25) is 5.95 Å². The SMILES string of the molecule is CC(C)=NNc1nc2c(N)ncnc2n1[C@@H]1O[C@H](CO)[C@@H](O)[C@H]1O. The Hall–Kier alpha value is -2.34. The maximum Gasteiger partial charge on any atom is 0.228 e. The number of aliphatic hydroxyl groups excluding tert-OH is 3. The van der Waals surface area contributed by atoms with Crippen molar-refractivity contribution in [2.24, 2.45) is 5.10 Å². The molecular weight excluding hydrogens is 318 g/mol. The molecule has 24 heavy (non-hydrogen) atoms. The molecule has 1 aliphatic rings. The smallest absolute Gasteiger partial charge is 0.228 e. The maximum absolute atomic E-state index is 10.3. The molecule has 0 bridgehead atoms. The number of anilines is 2. The molecule has 0 spiro atoms. The largest absolute Gasteiger partial charge is 0.394 e. The third kappa shape index (κ3) is 2.67. The fourth-order valence-electron chi connectivity index (χ4n) is 2.50. The molecule has 0 aromatic carbocycles. The van der Waals surface area contributed by atoms with E-state index in [9.17, 15) is 15.3 Å². The number of imidazole rings is 1. The summed E-state index contributed by atoms with van der Waals surface area (Å²) in [5.41, 5.74) is 9.94. The number of nitrogens with one attached hydrogen (secondary N) is 1. The van der Waals surface area contributed by atoms with Crippen molar-refractivity contribution >= 4 is 28.6 Å². The first kappa shape index (κ1) is 16.5. The number of rotatable bonds is 4. The molecule has 6 N–H and O–H groups in total. The zero-order valence-electron chi connectivity index (χ0n) is 13.2. The number of aromatic nitrogens is 4. The Kier molecular flexibility index (Phi) is 4.32. The van der Waals surface area contributed by atoms with Crippen LogP contribution in [0.2, 0.25) is 0 Å². The Morgan fingerprint density at radius 3 is 2.75 bits per heavy atom. The first-order valence-electron chi connectivity index (χ1n) is 7.31. The Labute approximate surface area is 136 Å². The molecule has 0 unspecified atom stereocenters. The fourth-order valence-corrected chi connectivity index (χ4v) is 2.50. The molecule has 1 aliphatic heterocycles. The van der Waals surface area contributed by atoms with Crippen molar-refractivity contribution in [3.05, 3.63) is 6.33 Å². The number of fused-ring (bicyclic) bond motifs is 1. The Morgan fingerprint density at radius 2 is 2.12 bits per heavy atom. The van der Waals surface area contributed by atoms with Crippen molar-refractivity contribution in [2.45, 2.75) is 38.4 Å². The number of nitrogens with zero attached hydrogens (tertiary/aromatic N) is 5. The summed E-state index contributed by atoms with van der Waals surface area (Å²) < 4.78 is 6.99. The molecule has 130 valence electrons. The quantitative estimate of drug-likeness (QED) is 0.341. The number of ether oxygens (including phenoxy) is 1. The summed E-state index contributed by atoms with van der Waals surface area (Å²) in [6, 6.07) is 0. The van der Waals surface area contributed by atoms with Crippen LogP contribution in [-0.2, 0) is 4.74 Å². The van der Waals surface area contributed by atoms with Crippen molar-refractivity contribution in [1.29, 1.82) is 0 Å². The minimum Gasteiger partial charge on any atom is -0.394 e. The van der Waals surface area contributed by atoms with Gasteiger partial charge in [0.15, 0.2) is 23.2 Å². The highest BCUT2D eigenvalue weighted by atomic mass is 16.6. The minimum absolute atomic E-state index is 0.158. The molecule has 1 fully saturated rings. The Balaban J connectivity index is 2.13. The van der Waals surface area contributed by atoms with Crippen molar-refractivity contribution < 1.29 is 20.1 Å². The van der Waals surface area contributed by atoms with Gasteiger partial charge in [-0.2, -0.15) is 5.10 Å². The van der Waals surface area contributed by atoms with Gasteiger partial charge in [0.1, 0.15) is 24.6 Å². The first-order valence-corrected chi connectivity index (χ1v) is 7.31. The average molecular weight is 337 g/mol. The predicted molar refractivity (Wildman–Crippen MR) is 85.2 cm³/mol. The standard InChI is InChI=1S/C13H19N7O4/c1-5(2)18-19-13-17-7-10(14)15-4-16-11(7)20(13)12-9(23)8(22)6(3-21)24-12/h4,6,8-9,12,21-23H,3H2,1-2H3,(H,17,19)(H2,14,15,16)/t6-,8-,9-,12-/m1/s1. The average Bonchev–Trinajstić information content (AvgIpc) is 3.05. The van der Waals surface area contributed by atoms with Crippen LogP contribution in [0.1, 0.15) is 20.1 Å². The topological polar surface area (TPSA) is 164 Å². The van der Waals surface area contributed by atoms with E-state index in [0.29, 0.717) is 11.2 Å². The summed E-state index contributed by atoms with van der Waals surface area (Å²) in [5.74, 6) is 0.374. The molecule has 3 heterocycles. The van der Waals surface area contributed by atoms with Crippen LogP contribution in [0, 0.1) is 0 Å². The Bertz CT molecular complexity index is 773. The summed E-state index contributed by atoms with van der Waals surface area (Å²) in [4.78, 5) is 12.3. The lowest BCUT2D eigenvalue weighted by atomic mass is 10.1. The second-order valence-corrected chi connectivity index (χ2v) is 5.64. The van der Waals surface area contributed by atoms with E-state index >= 15 is 0 Å². The van der Waals surface area contributed by atoms with Crippen molar-refractivity contribution in [3.8, 4) is 0 Å². The lowest BCUT2D eigenvalue weighted by molar-refractivity contribution is -0.0501. The number of aliphatic hydroxyl groups is 3. The van der Waals surface area contributed by atoms with E-state index in [1.54, 1.807) is 13.8 Å². The van der Waals surface area contributed by atoms with Gasteiger partial charge in [-0.15, -0.1) is 0 Å². The van der Waals surface area contributed by atoms with Gasteiger partial charge in [0.25, 0.3) is 0 Å². The monoisotopic (exact) mass is 337 g/mol. The minimum atomic E-state index is -1.29. The number of hydrogen-bond donors (Lipinski definition) is 5. The molecule has 0 aliphatic carbocycles. The maximum atomic E-state index is 10.3. The molecular formula is C13H19N7O4. The van der Waals surface area contributed by atoms with E-state index in [-0.39, 0.29) is 11.8 Å². The van der Waals surface area contributed by atoms with Gasteiger partial charge < -0.3 is 25.8 Å². The zero-order valence-corrected chi connectivity index (χ0v) is 13.2. The zero-order chi connectivity index (χ0) is 17.4. The summed E-state index contributed by atoms with van der Waals surface area (Å²) in [6.45, 7) is 3.15. The van der Waals surface area contributed by atoms with Crippen molar-refractivity contribution in [3.63, 3.8) is 0 Å². The van der Waals surface area contributed by atoms with Crippen LogP contribution in [0.4, 0.5) is 11.8 Å². The summed E-state index contributed by atoms with van der Waals surface area (Å²) in [7, 11) is 0. The van der Waals surface area contributed by atoms with E-state index in [0.717, 1.165) is 5.71 Å². The normalized spacial score (nSPS) is 26.7. The van der Waals surface area contributed by atoms with Gasteiger partial charge in [0, 0.05) is 5.71 Å². The van der Waals surface area contributed by atoms with Crippen LogP contribution in [-0.4, -0.2) is 65.5 Å². The van der Waals surface area contributed by atoms with E-state index in [1.165, 1.54) is 10.9 Å². The molecule has 0 amide bonds. The highest BCUT2D eigenvalue weighted by Gasteiger charge is 2.45. The third-order valence-corrected chi connectivity index (χ3v) is 3.66. The van der Waals surface area contributed by atoms with E-state index in [1.807, 2.05) is 0 Å². The van der Waals surface area contributed by atoms with Crippen LogP contribution < -0.4 is 11.2 Å². The van der Waals surface area contributed by atoms with Crippen LogP contribution in [0.3, 0.4) is 0 Å². The van der Waals surface area contributed by atoms with Crippen LogP contribution in [0.5, 0.6) is 0 Å².